The Bertz CT molecular complexity index is 1220. The molecule has 6 heteroatoms. The quantitative estimate of drug-likeness (QED) is 0.434. The molecule has 3 aromatic rings. The number of fused-ring (bicyclic) bond motifs is 1. The van der Waals surface area contributed by atoms with Crippen LogP contribution in [0.25, 0.3) is 11.1 Å². The number of carboxylic acids is 1. The van der Waals surface area contributed by atoms with Gasteiger partial charge in [-0.15, -0.1) is 0 Å². The molecule has 1 saturated carbocycles. The van der Waals surface area contributed by atoms with Crippen molar-refractivity contribution in [3.8, 4) is 22.6 Å². The summed E-state index contributed by atoms with van der Waals surface area (Å²) in [6, 6.07) is 14.5. The molecule has 0 aliphatic heterocycles. The topological polar surface area (TPSA) is 68.7 Å². The van der Waals surface area contributed by atoms with E-state index in [0.29, 0.717) is 22.8 Å². The predicted molar refractivity (Wildman–Crippen MR) is 127 cm³/mol. The van der Waals surface area contributed by atoms with E-state index < -0.39 is 11.9 Å². The van der Waals surface area contributed by atoms with Crippen LogP contribution in [0.3, 0.4) is 0 Å². The van der Waals surface area contributed by atoms with Crippen LogP contribution in [0.4, 0.5) is 4.39 Å². The van der Waals surface area contributed by atoms with Gasteiger partial charge in [-0.1, -0.05) is 19.1 Å². The maximum Gasteiger partial charge on any atom is 0.306 e. The lowest BCUT2D eigenvalue weighted by Gasteiger charge is -2.22. The van der Waals surface area contributed by atoms with E-state index in [4.69, 9.17) is 9.47 Å². The van der Waals surface area contributed by atoms with Gasteiger partial charge in [0.2, 0.25) is 0 Å². The van der Waals surface area contributed by atoms with Crippen LogP contribution < -0.4 is 9.47 Å². The van der Waals surface area contributed by atoms with E-state index in [1.165, 1.54) is 6.07 Å². The normalized spacial score (nSPS) is 18.7. The summed E-state index contributed by atoms with van der Waals surface area (Å²) < 4.78 is 26.0. The molecule has 3 atom stereocenters. The van der Waals surface area contributed by atoms with Crippen molar-refractivity contribution < 1.29 is 23.8 Å². The molecular weight excluding hydrogens is 433 g/mol. The molecule has 5 rings (SSSR count). The highest BCUT2D eigenvalue weighted by Gasteiger charge is 2.38. The van der Waals surface area contributed by atoms with Gasteiger partial charge in [0.1, 0.15) is 23.4 Å². The van der Waals surface area contributed by atoms with Gasteiger partial charge in [0, 0.05) is 17.3 Å². The van der Waals surface area contributed by atoms with E-state index in [2.05, 4.69) is 4.98 Å². The molecule has 0 amide bonds. The number of aromatic nitrogens is 1. The van der Waals surface area contributed by atoms with Crippen molar-refractivity contribution in [2.75, 3.05) is 7.11 Å². The number of ether oxygens (including phenoxy) is 2. The van der Waals surface area contributed by atoms with E-state index in [1.54, 1.807) is 32.4 Å². The monoisotopic (exact) mass is 461 g/mol. The number of aryl methyl sites for hydroxylation is 1. The average molecular weight is 462 g/mol. The van der Waals surface area contributed by atoms with Gasteiger partial charge in [0.25, 0.3) is 0 Å². The van der Waals surface area contributed by atoms with Gasteiger partial charge in [0.05, 0.1) is 18.7 Å². The lowest BCUT2D eigenvalue weighted by Crippen LogP contribution is -2.20. The van der Waals surface area contributed by atoms with E-state index in [0.717, 1.165) is 48.3 Å². The number of benzene rings is 2. The number of rotatable bonds is 8. The zero-order chi connectivity index (χ0) is 23.8. The first-order valence-electron chi connectivity index (χ1n) is 11.8. The number of aliphatic carboxylic acids is 1. The zero-order valence-electron chi connectivity index (χ0n) is 19.3. The van der Waals surface area contributed by atoms with Crippen molar-refractivity contribution >= 4 is 5.97 Å². The highest BCUT2D eigenvalue weighted by Crippen LogP contribution is 2.47. The number of nitrogens with zero attached hydrogens (tertiary/aromatic N) is 1. The minimum atomic E-state index is -0.764. The summed E-state index contributed by atoms with van der Waals surface area (Å²) in [5, 5.41) is 9.58. The largest absolute Gasteiger partial charge is 0.497 e. The van der Waals surface area contributed by atoms with Crippen molar-refractivity contribution in [2.45, 2.75) is 44.6 Å². The first-order valence-corrected chi connectivity index (χ1v) is 11.8. The number of halogens is 1. The fraction of sp³-hybridized carbons (Fsp3) is 0.357. The van der Waals surface area contributed by atoms with Gasteiger partial charge >= 0.3 is 5.97 Å². The Hall–Kier alpha value is -3.41. The van der Waals surface area contributed by atoms with E-state index in [1.807, 2.05) is 30.3 Å². The Morgan fingerprint density at radius 3 is 2.68 bits per heavy atom. The molecule has 1 aromatic heterocycles. The third-order valence-corrected chi connectivity index (χ3v) is 7.05. The number of methoxy groups -OCH3 is 1. The van der Waals surface area contributed by atoms with Crippen molar-refractivity contribution in [3.63, 3.8) is 0 Å². The second-order valence-electron chi connectivity index (χ2n) is 9.32. The first-order chi connectivity index (χ1) is 16.4. The third kappa shape index (κ3) is 4.37. The van der Waals surface area contributed by atoms with Crippen LogP contribution in [0, 0.1) is 17.7 Å². The Balaban J connectivity index is 1.37. The number of carboxylic acid groups (broad SMARTS) is 1. The Morgan fingerprint density at radius 1 is 1.12 bits per heavy atom. The molecule has 0 bridgehead atoms. The first kappa shape index (κ1) is 22.4. The third-order valence-electron chi connectivity index (χ3n) is 7.05. The maximum atomic E-state index is 14.4. The van der Waals surface area contributed by atoms with Crippen LogP contribution in [0.15, 0.2) is 54.7 Å². The molecular formula is C28H28FNO4. The average Bonchev–Trinajstić information content (AvgIpc) is 3.60. The van der Waals surface area contributed by atoms with Crippen molar-refractivity contribution in [1.82, 2.24) is 4.98 Å². The van der Waals surface area contributed by atoms with E-state index in [-0.39, 0.29) is 17.8 Å². The van der Waals surface area contributed by atoms with Crippen LogP contribution in [0.1, 0.15) is 55.0 Å². The minimum Gasteiger partial charge on any atom is -0.497 e. The molecule has 1 heterocycles. The second kappa shape index (κ2) is 9.09. The van der Waals surface area contributed by atoms with Crippen molar-refractivity contribution in [2.24, 2.45) is 11.8 Å². The van der Waals surface area contributed by atoms with Crippen LogP contribution in [0.2, 0.25) is 0 Å². The molecule has 176 valence electrons. The van der Waals surface area contributed by atoms with Gasteiger partial charge in [-0.25, -0.2) is 4.39 Å². The molecule has 1 fully saturated rings. The van der Waals surface area contributed by atoms with Gasteiger partial charge < -0.3 is 14.6 Å². The van der Waals surface area contributed by atoms with Crippen LogP contribution in [-0.2, 0) is 11.2 Å². The maximum absolute atomic E-state index is 14.4. The summed E-state index contributed by atoms with van der Waals surface area (Å²) in [5.41, 5.74) is 4.12. The predicted octanol–water partition coefficient (Wildman–Crippen LogP) is 6.18. The van der Waals surface area contributed by atoms with E-state index >= 15 is 0 Å². The summed E-state index contributed by atoms with van der Waals surface area (Å²) in [4.78, 5) is 16.3. The summed E-state index contributed by atoms with van der Waals surface area (Å²) in [6.07, 6.45) is 5.23. The minimum absolute atomic E-state index is 0.00430. The molecule has 0 spiro atoms. The molecule has 3 unspecified atom stereocenters. The molecule has 34 heavy (non-hydrogen) atoms. The molecule has 0 saturated heterocycles. The Labute approximate surface area is 198 Å². The van der Waals surface area contributed by atoms with Crippen LogP contribution >= 0.6 is 0 Å². The number of hydrogen-bond donors (Lipinski definition) is 1. The smallest absolute Gasteiger partial charge is 0.306 e. The fourth-order valence-corrected chi connectivity index (χ4v) is 5.09. The summed E-state index contributed by atoms with van der Waals surface area (Å²) in [6.45, 7) is 1.79. The van der Waals surface area contributed by atoms with Gasteiger partial charge in [-0.05, 0) is 85.0 Å². The lowest BCUT2D eigenvalue weighted by atomic mass is 9.83. The highest BCUT2D eigenvalue weighted by atomic mass is 19.1. The van der Waals surface area contributed by atoms with Gasteiger partial charge in [-0.2, -0.15) is 0 Å². The summed E-state index contributed by atoms with van der Waals surface area (Å²) >= 11 is 0. The summed E-state index contributed by atoms with van der Waals surface area (Å²) in [5.74, 6) is 0.224. The zero-order valence-corrected chi connectivity index (χ0v) is 19.3. The van der Waals surface area contributed by atoms with Gasteiger partial charge in [0.15, 0.2) is 0 Å². The van der Waals surface area contributed by atoms with Gasteiger partial charge in [-0.3, -0.25) is 9.78 Å². The Kier molecular flexibility index (Phi) is 5.98. The number of pyridine rings is 1. The molecule has 2 aliphatic rings. The molecule has 5 nitrogen and oxygen atoms in total. The summed E-state index contributed by atoms with van der Waals surface area (Å²) in [7, 11) is 1.56. The Morgan fingerprint density at radius 2 is 1.94 bits per heavy atom. The second-order valence-corrected chi connectivity index (χ2v) is 9.32. The molecule has 1 N–H and O–H groups in total. The standard InChI is InChI=1S/C28H28FNO4/c1-16(28(31)32)26(17-6-7-17)18-4-3-5-22(13-18)34-25-11-8-19-12-20(15-30-27(19)25)23-14-21(33-2)9-10-24(23)29/h3-5,9-10,12-17,25-26H,6-8,11H2,1-2H3,(H,31,32). The fourth-order valence-electron chi connectivity index (χ4n) is 5.09. The van der Waals surface area contributed by atoms with Crippen molar-refractivity contribution in [3.05, 3.63) is 77.4 Å². The molecule has 2 aromatic carbocycles. The van der Waals surface area contributed by atoms with E-state index in [9.17, 15) is 14.3 Å². The SMILES string of the molecule is COc1ccc(F)c(-c2cnc3c(c2)CCC3Oc2cccc(C(C3CC3)C(C)C(=O)O)c2)c1. The molecule has 2 aliphatic carbocycles. The highest BCUT2D eigenvalue weighted by molar-refractivity contribution is 5.71. The lowest BCUT2D eigenvalue weighted by molar-refractivity contribution is -0.142. The number of carbonyl (C=O) groups is 1. The number of hydrogen-bond acceptors (Lipinski definition) is 4. The van der Waals surface area contributed by atoms with Crippen LogP contribution in [0.5, 0.6) is 11.5 Å². The molecule has 0 radical (unpaired) electrons. The van der Waals surface area contributed by atoms with Crippen molar-refractivity contribution in [1.29, 1.82) is 0 Å². The van der Waals surface area contributed by atoms with Crippen LogP contribution in [-0.4, -0.2) is 23.2 Å².